The fourth-order valence-electron chi connectivity index (χ4n) is 2.88. The second-order valence-electron chi connectivity index (χ2n) is 6.89. The molecule has 0 bridgehead atoms. The normalized spacial score (nSPS) is 10.8. The molecule has 3 rings (SSSR count). The van der Waals surface area contributed by atoms with Gasteiger partial charge in [0, 0.05) is 36.6 Å². The number of pyridine rings is 1. The molecular formula is C25H22ClFN2O2. The summed E-state index contributed by atoms with van der Waals surface area (Å²) in [5, 5.41) is 0.419. The molecule has 0 saturated carbocycles. The van der Waals surface area contributed by atoms with Crippen molar-refractivity contribution in [3.8, 4) is 5.75 Å². The molecule has 0 aliphatic heterocycles. The summed E-state index contributed by atoms with van der Waals surface area (Å²) in [6, 6.07) is 17.3. The van der Waals surface area contributed by atoms with Crippen LogP contribution in [0.5, 0.6) is 5.75 Å². The topological polar surface area (TPSA) is 42.4 Å². The van der Waals surface area contributed by atoms with Gasteiger partial charge in [-0.05, 0) is 53.1 Å². The van der Waals surface area contributed by atoms with Crippen molar-refractivity contribution in [1.29, 1.82) is 0 Å². The molecule has 0 spiro atoms. The van der Waals surface area contributed by atoms with Gasteiger partial charge in [0.15, 0.2) is 0 Å². The molecule has 2 aromatic carbocycles. The molecule has 0 unspecified atom stereocenters. The Balaban J connectivity index is 1.74. The van der Waals surface area contributed by atoms with E-state index in [0.717, 1.165) is 11.1 Å². The van der Waals surface area contributed by atoms with Crippen molar-refractivity contribution in [1.82, 2.24) is 9.88 Å². The molecule has 31 heavy (non-hydrogen) atoms. The van der Waals surface area contributed by atoms with E-state index in [-0.39, 0.29) is 18.3 Å². The van der Waals surface area contributed by atoms with E-state index in [0.29, 0.717) is 29.4 Å². The molecule has 0 saturated heterocycles. The number of amides is 1. The lowest BCUT2D eigenvalue weighted by atomic mass is 10.1. The summed E-state index contributed by atoms with van der Waals surface area (Å²) in [5.74, 6) is 0.135. The Morgan fingerprint density at radius 1 is 1.10 bits per heavy atom. The van der Waals surface area contributed by atoms with Crippen LogP contribution in [0.1, 0.15) is 16.7 Å². The molecule has 4 nitrogen and oxygen atoms in total. The lowest BCUT2D eigenvalue weighted by Gasteiger charge is -2.21. The van der Waals surface area contributed by atoms with Crippen LogP contribution in [0.3, 0.4) is 0 Å². The monoisotopic (exact) mass is 436 g/mol. The van der Waals surface area contributed by atoms with E-state index in [2.05, 4.69) is 11.6 Å². The summed E-state index contributed by atoms with van der Waals surface area (Å²) < 4.78 is 18.9. The van der Waals surface area contributed by atoms with Crippen LogP contribution in [-0.2, 0) is 17.9 Å². The van der Waals surface area contributed by atoms with E-state index in [9.17, 15) is 9.18 Å². The number of ether oxygens (including phenoxy) is 1. The molecule has 0 fully saturated rings. The van der Waals surface area contributed by atoms with E-state index in [1.54, 1.807) is 35.5 Å². The minimum absolute atomic E-state index is 0.188. The van der Waals surface area contributed by atoms with Gasteiger partial charge >= 0.3 is 0 Å². The first-order valence-electron chi connectivity index (χ1n) is 9.66. The smallest absolute Gasteiger partial charge is 0.247 e. The van der Waals surface area contributed by atoms with Crippen molar-refractivity contribution in [3.05, 3.63) is 113 Å². The summed E-state index contributed by atoms with van der Waals surface area (Å²) in [7, 11) is 0. The Morgan fingerprint density at radius 2 is 1.87 bits per heavy atom. The highest BCUT2D eigenvalue weighted by Crippen LogP contribution is 2.17. The molecule has 0 atom stereocenters. The Labute approximate surface area is 186 Å². The summed E-state index contributed by atoms with van der Waals surface area (Å²) >= 11 is 5.73. The van der Waals surface area contributed by atoms with Gasteiger partial charge in [0.25, 0.3) is 0 Å². The second-order valence-corrected chi connectivity index (χ2v) is 7.43. The summed E-state index contributed by atoms with van der Waals surface area (Å²) in [5.41, 5.74) is 2.47. The number of carbonyl (C=O) groups excluding carboxylic acids is 1. The van der Waals surface area contributed by atoms with E-state index in [4.69, 9.17) is 16.3 Å². The Hall–Kier alpha value is -3.44. The summed E-state index contributed by atoms with van der Waals surface area (Å²) in [6.45, 7) is 4.61. The number of aromatic nitrogens is 1. The van der Waals surface area contributed by atoms with Gasteiger partial charge in [0.2, 0.25) is 5.91 Å². The van der Waals surface area contributed by atoms with Crippen molar-refractivity contribution in [2.75, 3.05) is 6.61 Å². The highest BCUT2D eigenvalue weighted by molar-refractivity contribution is 6.29. The first-order chi connectivity index (χ1) is 15.0. The third kappa shape index (κ3) is 7.39. The van der Waals surface area contributed by atoms with Crippen molar-refractivity contribution < 1.29 is 13.9 Å². The van der Waals surface area contributed by atoms with Crippen LogP contribution in [-0.4, -0.2) is 22.4 Å². The molecule has 1 aromatic heterocycles. The van der Waals surface area contributed by atoms with E-state index >= 15 is 0 Å². The molecule has 0 radical (unpaired) electrons. The lowest BCUT2D eigenvalue weighted by molar-refractivity contribution is -0.127. The molecule has 6 heteroatoms. The predicted octanol–water partition coefficient (Wildman–Crippen LogP) is 5.59. The van der Waals surface area contributed by atoms with Gasteiger partial charge in [-0.1, -0.05) is 48.5 Å². The van der Waals surface area contributed by atoms with E-state index in [1.165, 1.54) is 18.2 Å². The van der Waals surface area contributed by atoms with Gasteiger partial charge in [0.05, 0.1) is 0 Å². The van der Waals surface area contributed by atoms with Gasteiger partial charge < -0.3 is 9.64 Å². The second kappa shape index (κ2) is 11.1. The number of carbonyl (C=O) groups is 1. The lowest BCUT2D eigenvalue weighted by Crippen LogP contribution is -2.28. The number of benzene rings is 2. The van der Waals surface area contributed by atoms with Gasteiger partial charge in [-0.3, -0.25) is 9.78 Å². The summed E-state index contributed by atoms with van der Waals surface area (Å²) in [4.78, 5) is 18.7. The van der Waals surface area contributed by atoms with Crippen LogP contribution in [0.2, 0.25) is 0 Å². The number of hydrogen-bond acceptors (Lipinski definition) is 3. The SMILES string of the molecule is C=C(Cl)COc1ccc(CN(Cc2cccnc2)C(=O)C=Cc2cccc(F)c2)cc1. The fourth-order valence-corrected chi connectivity index (χ4v) is 2.93. The Morgan fingerprint density at radius 3 is 2.55 bits per heavy atom. The van der Waals surface area contributed by atoms with Gasteiger partial charge in [0.1, 0.15) is 18.2 Å². The molecule has 1 amide bonds. The van der Waals surface area contributed by atoms with E-state index < -0.39 is 0 Å². The van der Waals surface area contributed by atoms with Crippen LogP contribution < -0.4 is 4.74 Å². The van der Waals surface area contributed by atoms with Crippen LogP contribution in [0, 0.1) is 5.82 Å². The van der Waals surface area contributed by atoms with Gasteiger partial charge in [-0.25, -0.2) is 4.39 Å². The van der Waals surface area contributed by atoms with Gasteiger partial charge in [-0.15, -0.1) is 0 Å². The first kappa shape index (κ1) is 22.2. The average molecular weight is 437 g/mol. The molecule has 3 aromatic rings. The molecule has 158 valence electrons. The zero-order valence-corrected chi connectivity index (χ0v) is 17.6. The standard InChI is InChI=1S/C25H22ClFN2O2/c1-19(26)18-31-24-10-7-21(8-11-24)16-29(17-22-5-3-13-28-15-22)25(30)12-9-20-4-2-6-23(27)14-20/h2-15H,1,16-18H2. The maximum absolute atomic E-state index is 13.4. The largest absolute Gasteiger partial charge is 0.488 e. The van der Waals surface area contributed by atoms with Crippen LogP contribution in [0.15, 0.2) is 90.7 Å². The third-order valence-corrected chi connectivity index (χ3v) is 4.48. The maximum Gasteiger partial charge on any atom is 0.247 e. The van der Waals surface area contributed by atoms with Crippen molar-refractivity contribution in [2.45, 2.75) is 13.1 Å². The number of rotatable bonds is 9. The zero-order chi connectivity index (χ0) is 22.1. The highest BCUT2D eigenvalue weighted by atomic mass is 35.5. The highest BCUT2D eigenvalue weighted by Gasteiger charge is 2.13. The van der Waals surface area contributed by atoms with Gasteiger partial charge in [-0.2, -0.15) is 0 Å². The average Bonchev–Trinajstić information content (AvgIpc) is 2.77. The quantitative estimate of drug-likeness (QED) is 0.410. The number of nitrogens with zero attached hydrogens (tertiary/aromatic N) is 2. The minimum Gasteiger partial charge on any atom is -0.488 e. The van der Waals surface area contributed by atoms with Crippen molar-refractivity contribution in [2.24, 2.45) is 0 Å². The van der Waals surface area contributed by atoms with Crippen LogP contribution in [0.4, 0.5) is 4.39 Å². The predicted molar refractivity (Wildman–Crippen MR) is 121 cm³/mol. The zero-order valence-electron chi connectivity index (χ0n) is 16.9. The molecule has 1 heterocycles. The minimum atomic E-state index is -0.345. The third-order valence-electron chi connectivity index (χ3n) is 4.37. The summed E-state index contributed by atoms with van der Waals surface area (Å²) in [6.07, 6.45) is 6.48. The molecule has 0 aliphatic rings. The molecule has 0 aliphatic carbocycles. The van der Waals surface area contributed by atoms with E-state index in [1.807, 2.05) is 36.4 Å². The number of halogens is 2. The van der Waals surface area contributed by atoms with Crippen LogP contribution in [0.25, 0.3) is 6.08 Å². The van der Waals surface area contributed by atoms with Crippen molar-refractivity contribution >= 4 is 23.6 Å². The number of hydrogen-bond donors (Lipinski definition) is 0. The van der Waals surface area contributed by atoms with Crippen molar-refractivity contribution in [3.63, 3.8) is 0 Å². The molecular weight excluding hydrogens is 415 g/mol. The maximum atomic E-state index is 13.4. The first-order valence-corrected chi connectivity index (χ1v) is 10.0. The fraction of sp³-hybridized carbons (Fsp3) is 0.120. The Kier molecular flexibility index (Phi) is 7.96. The van der Waals surface area contributed by atoms with Crippen LogP contribution >= 0.6 is 11.6 Å². The molecule has 0 N–H and O–H groups in total. The Bertz CT molecular complexity index is 1050.